The Morgan fingerprint density at radius 2 is 2.05 bits per heavy atom. The van der Waals surface area contributed by atoms with Crippen LogP contribution >= 0.6 is 0 Å². The highest BCUT2D eigenvalue weighted by atomic mass is 16.1. The van der Waals surface area contributed by atoms with Gasteiger partial charge in [0, 0.05) is 19.4 Å². The number of hydrogen-bond acceptors (Lipinski definition) is 3. The third-order valence-corrected chi connectivity index (χ3v) is 2.91. The first-order chi connectivity index (χ1) is 9.24. The molecule has 0 radical (unpaired) electrons. The monoisotopic (exact) mass is 258 g/mol. The van der Waals surface area contributed by atoms with E-state index in [4.69, 9.17) is 0 Å². The molecule has 0 aliphatic heterocycles. The number of carbonyl (C=O) groups excluding carboxylic acids is 1. The molecule has 0 unspecified atom stereocenters. The fourth-order valence-corrected chi connectivity index (χ4v) is 1.77. The molecule has 0 fully saturated rings. The van der Waals surface area contributed by atoms with Gasteiger partial charge in [0.05, 0.1) is 0 Å². The Morgan fingerprint density at radius 1 is 1.26 bits per heavy atom. The molecule has 1 heterocycles. The van der Waals surface area contributed by atoms with Gasteiger partial charge in [-0.15, -0.1) is 0 Å². The molecule has 0 spiro atoms. The van der Waals surface area contributed by atoms with Crippen LogP contribution in [-0.2, 0) is 17.6 Å². The van der Waals surface area contributed by atoms with E-state index in [0.29, 0.717) is 19.4 Å². The smallest absolute Gasteiger partial charge is 0.220 e. The number of benzene rings is 1. The number of rotatable bonds is 6. The average Bonchev–Trinajstić information content (AvgIpc) is 2.91. The Kier molecular flexibility index (Phi) is 4.66. The van der Waals surface area contributed by atoms with Gasteiger partial charge in [-0.25, -0.2) is 4.98 Å². The van der Waals surface area contributed by atoms with Crippen molar-refractivity contribution in [1.29, 1.82) is 0 Å². The molecular weight excluding hydrogens is 240 g/mol. The molecule has 2 rings (SSSR count). The topological polar surface area (TPSA) is 70.7 Å². The third-order valence-electron chi connectivity index (χ3n) is 2.91. The van der Waals surface area contributed by atoms with Crippen LogP contribution in [0.15, 0.2) is 30.6 Å². The fourth-order valence-electron chi connectivity index (χ4n) is 1.77. The molecule has 0 bridgehead atoms. The van der Waals surface area contributed by atoms with E-state index in [1.807, 2.05) is 0 Å². The predicted octanol–water partition coefficient (Wildman–Crippen LogP) is 1.40. The molecule has 1 amide bonds. The minimum atomic E-state index is 0.0695. The molecule has 100 valence electrons. The van der Waals surface area contributed by atoms with Crippen molar-refractivity contribution in [2.24, 2.45) is 0 Å². The lowest BCUT2D eigenvalue weighted by atomic mass is 10.1. The number of carbonyl (C=O) groups is 1. The fraction of sp³-hybridized carbons (Fsp3) is 0.357. The summed E-state index contributed by atoms with van der Waals surface area (Å²) in [5.74, 6) is 0.860. The van der Waals surface area contributed by atoms with Crippen molar-refractivity contribution in [2.75, 3.05) is 6.54 Å². The molecule has 1 aromatic heterocycles. The molecule has 0 atom stereocenters. The molecule has 2 aromatic rings. The molecule has 1 aromatic carbocycles. The zero-order valence-corrected chi connectivity index (χ0v) is 11.0. The Morgan fingerprint density at radius 3 is 2.74 bits per heavy atom. The van der Waals surface area contributed by atoms with Crippen LogP contribution in [-0.4, -0.2) is 27.6 Å². The molecule has 0 aliphatic rings. The van der Waals surface area contributed by atoms with Crippen LogP contribution in [0, 0.1) is 6.92 Å². The van der Waals surface area contributed by atoms with Gasteiger partial charge in [-0.05, 0) is 18.9 Å². The van der Waals surface area contributed by atoms with Gasteiger partial charge in [0.2, 0.25) is 5.91 Å². The number of aromatic nitrogens is 3. The van der Waals surface area contributed by atoms with Crippen LogP contribution in [0.2, 0.25) is 0 Å². The Balaban J connectivity index is 1.65. The van der Waals surface area contributed by atoms with E-state index < -0.39 is 0 Å². The van der Waals surface area contributed by atoms with Crippen molar-refractivity contribution in [3.8, 4) is 0 Å². The van der Waals surface area contributed by atoms with Crippen molar-refractivity contribution in [3.63, 3.8) is 0 Å². The van der Waals surface area contributed by atoms with Gasteiger partial charge in [0.25, 0.3) is 0 Å². The van der Waals surface area contributed by atoms with E-state index >= 15 is 0 Å². The zero-order chi connectivity index (χ0) is 13.5. The quantitative estimate of drug-likeness (QED) is 0.823. The van der Waals surface area contributed by atoms with E-state index in [1.54, 1.807) is 0 Å². The first-order valence-electron chi connectivity index (χ1n) is 6.40. The van der Waals surface area contributed by atoms with Gasteiger partial charge >= 0.3 is 0 Å². The minimum Gasteiger partial charge on any atom is -0.356 e. The molecule has 0 aliphatic carbocycles. The van der Waals surface area contributed by atoms with Gasteiger partial charge < -0.3 is 5.32 Å². The Hall–Kier alpha value is -2.17. The highest BCUT2D eigenvalue weighted by Crippen LogP contribution is 2.05. The summed E-state index contributed by atoms with van der Waals surface area (Å²) in [6.07, 6.45) is 3.43. The van der Waals surface area contributed by atoms with Crippen LogP contribution in [0.25, 0.3) is 0 Å². The molecule has 0 saturated carbocycles. The lowest BCUT2D eigenvalue weighted by Gasteiger charge is -2.04. The number of amides is 1. The lowest BCUT2D eigenvalue weighted by molar-refractivity contribution is -0.121. The van der Waals surface area contributed by atoms with Crippen molar-refractivity contribution in [3.05, 3.63) is 47.5 Å². The number of hydrogen-bond donors (Lipinski definition) is 2. The van der Waals surface area contributed by atoms with Crippen LogP contribution < -0.4 is 5.32 Å². The van der Waals surface area contributed by atoms with Crippen molar-refractivity contribution in [1.82, 2.24) is 20.5 Å². The van der Waals surface area contributed by atoms with Gasteiger partial charge in [-0.3, -0.25) is 9.89 Å². The largest absolute Gasteiger partial charge is 0.356 e. The van der Waals surface area contributed by atoms with Crippen LogP contribution in [0.3, 0.4) is 0 Å². The molecule has 5 nitrogen and oxygen atoms in total. The summed E-state index contributed by atoms with van der Waals surface area (Å²) in [6, 6.07) is 8.27. The molecule has 19 heavy (non-hydrogen) atoms. The molecule has 5 heteroatoms. The number of aromatic amines is 1. The van der Waals surface area contributed by atoms with E-state index in [2.05, 4.69) is 51.7 Å². The maximum atomic E-state index is 11.7. The summed E-state index contributed by atoms with van der Waals surface area (Å²) in [6.45, 7) is 2.64. The highest BCUT2D eigenvalue weighted by molar-refractivity contribution is 5.76. The van der Waals surface area contributed by atoms with Gasteiger partial charge in [0.1, 0.15) is 12.2 Å². The second kappa shape index (κ2) is 6.68. The SMILES string of the molecule is Cc1ccc(CCC(=O)NCCc2ncn[nH]2)cc1. The van der Waals surface area contributed by atoms with Crippen molar-refractivity contribution in [2.45, 2.75) is 26.2 Å². The van der Waals surface area contributed by atoms with E-state index in [-0.39, 0.29) is 5.91 Å². The summed E-state index contributed by atoms with van der Waals surface area (Å²) in [4.78, 5) is 15.7. The summed E-state index contributed by atoms with van der Waals surface area (Å²) in [7, 11) is 0. The van der Waals surface area contributed by atoms with Crippen molar-refractivity contribution >= 4 is 5.91 Å². The van der Waals surface area contributed by atoms with E-state index in [1.165, 1.54) is 17.5 Å². The summed E-state index contributed by atoms with van der Waals surface area (Å²) in [5, 5.41) is 9.39. The predicted molar refractivity (Wildman–Crippen MR) is 72.6 cm³/mol. The summed E-state index contributed by atoms with van der Waals surface area (Å²) >= 11 is 0. The standard InChI is InChI=1S/C14H18N4O/c1-11-2-4-12(5-3-11)6-7-14(19)15-9-8-13-16-10-17-18-13/h2-5,10H,6-9H2,1H3,(H,15,19)(H,16,17,18). The summed E-state index contributed by atoms with van der Waals surface area (Å²) in [5.41, 5.74) is 2.43. The normalized spacial score (nSPS) is 10.4. The van der Waals surface area contributed by atoms with Crippen LogP contribution in [0.1, 0.15) is 23.4 Å². The second-order valence-electron chi connectivity index (χ2n) is 4.52. The first kappa shape index (κ1) is 13.3. The number of H-pyrrole nitrogens is 1. The highest BCUT2D eigenvalue weighted by Gasteiger charge is 2.02. The molecule has 0 saturated heterocycles. The number of nitrogens with zero attached hydrogens (tertiary/aromatic N) is 2. The first-order valence-corrected chi connectivity index (χ1v) is 6.40. The van der Waals surface area contributed by atoms with Gasteiger partial charge in [0.15, 0.2) is 0 Å². The van der Waals surface area contributed by atoms with Gasteiger partial charge in [-0.1, -0.05) is 29.8 Å². The Labute approximate surface area is 112 Å². The zero-order valence-electron chi connectivity index (χ0n) is 11.0. The van der Waals surface area contributed by atoms with E-state index in [9.17, 15) is 4.79 Å². The maximum absolute atomic E-state index is 11.7. The van der Waals surface area contributed by atoms with E-state index in [0.717, 1.165) is 12.2 Å². The lowest BCUT2D eigenvalue weighted by Crippen LogP contribution is -2.26. The van der Waals surface area contributed by atoms with Crippen LogP contribution in [0.5, 0.6) is 0 Å². The third kappa shape index (κ3) is 4.54. The average molecular weight is 258 g/mol. The van der Waals surface area contributed by atoms with Crippen molar-refractivity contribution < 1.29 is 4.79 Å². The van der Waals surface area contributed by atoms with Crippen LogP contribution in [0.4, 0.5) is 0 Å². The number of aryl methyl sites for hydroxylation is 2. The minimum absolute atomic E-state index is 0.0695. The molecular formula is C14H18N4O. The number of nitrogens with one attached hydrogen (secondary N) is 2. The maximum Gasteiger partial charge on any atom is 0.220 e. The Bertz CT molecular complexity index is 505. The summed E-state index contributed by atoms with van der Waals surface area (Å²) < 4.78 is 0. The van der Waals surface area contributed by atoms with Gasteiger partial charge in [-0.2, -0.15) is 5.10 Å². The molecule has 2 N–H and O–H groups in total. The second-order valence-corrected chi connectivity index (χ2v) is 4.52.